The van der Waals surface area contributed by atoms with Gasteiger partial charge in [0.25, 0.3) is 0 Å². The molecule has 1 aliphatic heterocycles. The number of hydrogen-bond acceptors (Lipinski definition) is 5. The molecule has 2 aromatic rings. The summed E-state index contributed by atoms with van der Waals surface area (Å²) in [6, 6.07) is 8.84. The number of aromatic nitrogens is 1. The van der Waals surface area contributed by atoms with Gasteiger partial charge in [-0.2, -0.15) is 0 Å². The molecule has 0 bridgehead atoms. The van der Waals surface area contributed by atoms with Crippen molar-refractivity contribution in [2.75, 3.05) is 39.3 Å². The van der Waals surface area contributed by atoms with Crippen molar-refractivity contribution in [2.24, 2.45) is 4.99 Å². The van der Waals surface area contributed by atoms with E-state index in [1.54, 1.807) is 0 Å². The number of oxazole rings is 1. The van der Waals surface area contributed by atoms with Gasteiger partial charge < -0.3 is 20.0 Å². The van der Waals surface area contributed by atoms with Crippen molar-refractivity contribution in [3.8, 4) is 0 Å². The second kappa shape index (κ2) is 13.0. The topological polar surface area (TPSA) is 68.9 Å². The molecular formula is C23H37IN6O. The summed E-state index contributed by atoms with van der Waals surface area (Å²) < 4.78 is 5.63. The summed E-state index contributed by atoms with van der Waals surface area (Å²) >= 11 is 0. The van der Waals surface area contributed by atoms with Crippen molar-refractivity contribution < 1.29 is 4.42 Å². The molecule has 8 heteroatoms. The molecule has 7 nitrogen and oxygen atoms in total. The van der Waals surface area contributed by atoms with E-state index in [-0.39, 0.29) is 24.0 Å². The van der Waals surface area contributed by atoms with Gasteiger partial charge >= 0.3 is 0 Å². The predicted octanol–water partition coefficient (Wildman–Crippen LogP) is 3.30. The van der Waals surface area contributed by atoms with E-state index >= 15 is 0 Å². The number of guanidine groups is 1. The van der Waals surface area contributed by atoms with Crippen LogP contribution in [-0.4, -0.2) is 60.0 Å². The fourth-order valence-corrected chi connectivity index (χ4v) is 3.56. The van der Waals surface area contributed by atoms with Crippen LogP contribution in [-0.2, 0) is 19.6 Å². The van der Waals surface area contributed by atoms with Crippen LogP contribution in [0.15, 0.2) is 33.7 Å². The number of hydrogen-bond donors (Lipinski definition) is 2. The predicted molar refractivity (Wildman–Crippen MR) is 137 cm³/mol. The molecule has 31 heavy (non-hydrogen) atoms. The maximum atomic E-state index is 5.63. The van der Waals surface area contributed by atoms with E-state index in [0.717, 1.165) is 50.1 Å². The van der Waals surface area contributed by atoms with Crippen LogP contribution in [0.25, 0.3) is 0 Å². The van der Waals surface area contributed by atoms with Gasteiger partial charge in [0.2, 0.25) is 5.89 Å². The summed E-state index contributed by atoms with van der Waals surface area (Å²) in [5.74, 6) is 2.31. The Labute approximate surface area is 203 Å². The maximum absolute atomic E-state index is 5.63. The average Bonchev–Trinajstić information content (AvgIpc) is 3.09. The standard InChI is InChI=1S/C23H36N6O.HI/c1-5-24-23(26-16-22-27-18(3)19(4)30-22)25-15-20-7-9-21(10-8-20)17-29-13-11-28(6-2)12-14-29;/h7-10H,5-6,11-17H2,1-4H3,(H2,24,25,26);1H. The first-order valence-corrected chi connectivity index (χ1v) is 11.0. The molecule has 1 aliphatic rings. The quantitative estimate of drug-likeness (QED) is 0.304. The Morgan fingerprint density at radius 1 is 1.00 bits per heavy atom. The lowest BCUT2D eigenvalue weighted by molar-refractivity contribution is 0.132. The van der Waals surface area contributed by atoms with Gasteiger partial charge in [-0.3, -0.25) is 4.90 Å². The van der Waals surface area contributed by atoms with E-state index < -0.39 is 0 Å². The smallest absolute Gasteiger partial charge is 0.214 e. The molecule has 0 unspecified atom stereocenters. The zero-order valence-corrected chi connectivity index (χ0v) is 21.6. The van der Waals surface area contributed by atoms with Gasteiger partial charge in [0.15, 0.2) is 5.96 Å². The molecule has 0 radical (unpaired) electrons. The molecule has 1 saturated heterocycles. The first-order valence-electron chi connectivity index (χ1n) is 11.0. The fourth-order valence-electron chi connectivity index (χ4n) is 3.56. The monoisotopic (exact) mass is 540 g/mol. The molecule has 0 spiro atoms. The summed E-state index contributed by atoms with van der Waals surface area (Å²) in [5.41, 5.74) is 3.50. The van der Waals surface area contributed by atoms with Crippen LogP contribution in [0.1, 0.15) is 42.3 Å². The summed E-state index contributed by atoms with van der Waals surface area (Å²) in [5, 5.41) is 6.57. The molecule has 2 heterocycles. The first kappa shape index (κ1) is 25.6. The van der Waals surface area contributed by atoms with Crippen molar-refractivity contribution in [1.82, 2.24) is 25.4 Å². The third-order valence-electron chi connectivity index (χ3n) is 5.59. The average molecular weight is 540 g/mol. The minimum Gasteiger partial charge on any atom is -0.444 e. The minimum atomic E-state index is 0. The molecule has 2 N–H and O–H groups in total. The Morgan fingerprint density at radius 2 is 1.65 bits per heavy atom. The number of piperazine rings is 1. The third kappa shape index (κ3) is 8.08. The van der Waals surface area contributed by atoms with Crippen molar-refractivity contribution in [2.45, 2.75) is 47.3 Å². The van der Waals surface area contributed by atoms with Crippen LogP contribution in [0.5, 0.6) is 0 Å². The van der Waals surface area contributed by atoms with Gasteiger partial charge in [-0.15, -0.1) is 24.0 Å². The minimum absolute atomic E-state index is 0. The lowest BCUT2D eigenvalue weighted by atomic mass is 10.1. The van der Waals surface area contributed by atoms with E-state index in [4.69, 9.17) is 9.41 Å². The zero-order chi connectivity index (χ0) is 21.3. The Balaban J connectivity index is 0.00000341. The van der Waals surface area contributed by atoms with Gasteiger partial charge in [-0.1, -0.05) is 31.2 Å². The molecule has 0 aliphatic carbocycles. The van der Waals surface area contributed by atoms with Crippen LogP contribution in [0, 0.1) is 13.8 Å². The molecule has 0 atom stereocenters. The number of aryl methyl sites for hydroxylation is 2. The highest BCUT2D eigenvalue weighted by atomic mass is 127. The zero-order valence-electron chi connectivity index (χ0n) is 19.3. The second-order valence-electron chi connectivity index (χ2n) is 7.82. The maximum Gasteiger partial charge on any atom is 0.214 e. The summed E-state index contributed by atoms with van der Waals surface area (Å²) in [7, 11) is 0. The highest BCUT2D eigenvalue weighted by Gasteiger charge is 2.15. The van der Waals surface area contributed by atoms with Gasteiger partial charge in [0.1, 0.15) is 5.76 Å². The van der Waals surface area contributed by atoms with Crippen LogP contribution in [0.3, 0.4) is 0 Å². The van der Waals surface area contributed by atoms with Gasteiger partial charge in [0.05, 0.1) is 18.8 Å². The number of nitrogens with zero attached hydrogens (tertiary/aromatic N) is 4. The lowest BCUT2D eigenvalue weighted by Gasteiger charge is -2.34. The Kier molecular flexibility index (Phi) is 10.8. The molecule has 172 valence electrons. The number of aliphatic imine (C=N–C) groups is 1. The van der Waals surface area contributed by atoms with Gasteiger partial charge in [-0.25, -0.2) is 9.98 Å². The Bertz CT molecular complexity index is 792. The van der Waals surface area contributed by atoms with Crippen LogP contribution in [0.4, 0.5) is 0 Å². The number of likely N-dealkylation sites (N-methyl/N-ethyl adjacent to an activating group) is 1. The number of halogens is 1. The largest absolute Gasteiger partial charge is 0.444 e. The molecular weight excluding hydrogens is 503 g/mol. The highest BCUT2D eigenvalue weighted by molar-refractivity contribution is 14.0. The van der Waals surface area contributed by atoms with Crippen molar-refractivity contribution in [3.63, 3.8) is 0 Å². The Hall–Kier alpha value is -1.65. The van der Waals surface area contributed by atoms with E-state index in [1.807, 2.05) is 13.8 Å². The van der Waals surface area contributed by atoms with Crippen molar-refractivity contribution in [3.05, 3.63) is 52.7 Å². The molecule has 0 amide bonds. The number of nitrogens with one attached hydrogen (secondary N) is 2. The number of rotatable bonds is 8. The number of benzene rings is 1. The highest BCUT2D eigenvalue weighted by Crippen LogP contribution is 2.11. The molecule has 1 aromatic heterocycles. The normalized spacial score (nSPS) is 15.5. The molecule has 3 rings (SSSR count). The van der Waals surface area contributed by atoms with Crippen molar-refractivity contribution >= 4 is 29.9 Å². The van der Waals surface area contributed by atoms with Crippen molar-refractivity contribution in [1.29, 1.82) is 0 Å². The lowest BCUT2D eigenvalue weighted by Crippen LogP contribution is -2.45. The first-order chi connectivity index (χ1) is 14.6. The summed E-state index contributed by atoms with van der Waals surface area (Å²) in [4.78, 5) is 14.2. The second-order valence-corrected chi connectivity index (χ2v) is 7.82. The van der Waals surface area contributed by atoms with E-state index in [9.17, 15) is 0 Å². The Morgan fingerprint density at radius 3 is 2.23 bits per heavy atom. The summed E-state index contributed by atoms with van der Waals surface area (Å²) in [6.07, 6.45) is 0. The summed E-state index contributed by atoms with van der Waals surface area (Å²) in [6.45, 7) is 17.0. The van der Waals surface area contributed by atoms with Gasteiger partial charge in [-0.05, 0) is 38.4 Å². The fraction of sp³-hybridized carbons (Fsp3) is 0.565. The van der Waals surface area contributed by atoms with Crippen LogP contribution >= 0.6 is 24.0 Å². The SMILES string of the molecule is CCNC(=NCc1ccc(CN2CCN(CC)CC2)cc1)NCc1nc(C)c(C)o1.I. The van der Waals surface area contributed by atoms with E-state index in [1.165, 1.54) is 24.2 Å². The van der Waals surface area contributed by atoms with Crippen LogP contribution in [0.2, 0.25) is 0 Å². The molecule has 1 fully saturated rings. The van der Waals surface area contributed by atoms with E-state index in [2.05, 4.69) is 63.5 Å². The molecule has 1 aromatic carbocycles. The van der Waals surface area contributed by atoms with E-state index in [0.29, 0.717) is 19.0 Å². The van der Waals surface area contributed by atoms with Crippen LogP contribution < -0.4 is 10.6 Å². The van der Waals surface area contributed by atoms with Gasteiger partial charge in [0, 0.05) is 39.3 Å². The molecule has 0 saturated carbocycles. The third-order valence-corrected chi connectivity index (χ3v) is 5.59.